The fraction of sp³-hybridized carbons (Fsp3) is 0.355. The average molecular weight is 604 g/mol. The van der Waals surface area contributed by atoms with E-state index in [4.69, 9.17) is 14.7 Å². The lowest BCUT2D eigenvalue weighted by molar-refractivity contribution is -0.114. The van der Waals surface area contributed by atoms with Gasteiger partial charge in [0.25, 0.3) is 0 Å². The molecule has 2 aromatic heterocycles. The number of amides is 1. The first-order valence-corrected chi connectivity index (χ1v) is 15.2. The molecule has 4 rings (SSSR count). The molecule has 228 valence electrons. The SMILES string of the molecule is CCCN(CCNCCN(C)c1ccccc1)c1nc(Sc2ccc(NC(C)=O)cc2)nc(Nc2cc(C)[nH]n2)c1OC. The number of benzene rings is 2. The molecular weight excluding hydrogens is 562 g/mol. The van der Waals surface area contributed by atoms with Gasteiger partial charge >= 0.3 is 0 Å². The van der Waals surface area contributed by atoms with Crippen molar-refractivity contribution >= 4 is 46.5 Å². The molecule has 0 atom stereocenters. The van der Waals surface area contributed by atoms with E-state index in [0.29, 0.717) is 22.5 Å². The second-order valence-electron chi connectivity index (χ2n) is 10.1. The molecule has 0 spiro atoms. The molecule has 11 nitrogen and oxygen atoms in total. The van der Waals surface area contributed by atoms with Crippen LogP contribution in [0.25, 0.3) is 0 Å². The summed E-state index contributed by atoms with van der Waals surface area (Å²) in [6.45, 7) is 9.67. The highest BCUT2D eigenvalue weighted by Crippen LogP contribution is 2.38. The highest BCUT2D eigenvalue weighted by molar-refractivity contribution is 7.99. The van der Waals surface area contributed by atoms with Crippen molar-refractivity contribution in [2.45, 2.75) is 37.2 Å². The van der Waals surface area contributed by atoms with Crippen molar-refractivity contribution in [1.82, 2.24) is 25.5 Å². The van der Waals surface area contributed by atoms with E-state index in [1.54, 1.807) is 7.11 Å². The Balaban J connectivity index is 1.53. The number of hydrogen-bond donors (Lipinski definition) is 4. The first-order valence-electron chi connectivity index (χ1n) is 14.4. The minimum Gasteiger partial charge on any atom is -0.490 e. The Bertz CT molecular complexity index is 1450. The van der Waals surface area contributed by atoms with Gasteiger partial charge in [0, 0.05) is 74.7 Å². The quantitative estimate of drug-likeness (QED) is 0.0989. The molecule has 0 fully saturated rings. The number of likely N-dealkylation sites (N-methyl/N-ethyl adjacent to an activating group) is 1. The Labute approximate surface area is 257 Å². The number of para-hydroxylation sites is 1. The van der Waals surface area contributed by atoms with E-state index in [9.17, 15) is 4.79 Å². The summed E-state index contributed by atoms with van der Waals surface area (Å²) in [7, 11) is 3.74. The molecule has 0 aliphatic carbocycles. The molecule has 2 heterocycles. The van der Waals surface area contributed by atoms with Gasteiger partial charge in [-0.1, -0.05) is 25.1 Å². The molecule has 12 heteroatoms. The van der Waals surface area contributed by atoms with Crippen molar-refractivity contribution in [1.29, 1.82) is 0 Å². The number of hydrogen-bond acceptors (Lipinski definition) is 10. The number of methoxy groups -OCH3 is 1. The number of carbonyl (C=O) groups is 1. The zero-order valence-electron chi connectivity index (χ0n) is 25.5. The Kier molecular flexibility index (Phi) is 11.6. The molecule has 0 radical (unpaired) electrons. The zero-order valence-corrected chi connectivity index (χ0v) is 26.3. The van der Waals surface area contributed by atoms with Crippen LogP contribution in [0.15, 0.2) is 70.7 Å². The maximum absolute atomic E-state index is 11.4. The molecule has 2 aromatic carbocycles. The molecule has 0 unspecified atom stereocenters. The summed E-state index contributed by atoms with van der Waals surface area (Å²) < 4.78 is 5.90. The number of aromatic nitrogens is 4. The van der Waals surface area contributed by atoms with Crippen LogP contribution >= 0.6 is 11.8 Å². The average Bonchev–Trinajstić information content (AvgIpc) is 3.41. The fourth-order valence-electron chi connectivity index (χ4n) is 4.46. The van der Waals surface area contributed by atoms with E-state index >= 15 is 0 Å². The van der Waals surface area contributed by atoms with Crippen molar-refractivity contribution in [2.75, 3.05) is 67.3 Å². The Hall–Kier alpha value is -4.29. The van der Waals surface area contributed by atoms with Gasteiger partial charge < -0.3 is 30.5 Å². The Morgan fingerprint density at radius 2 is 1.77 bits per heavy atom. The van der Waals surface area contributed by atoms with Crippen LogP contribution < -0.4 is 30.5 Å². The van der Waals surface area contributed by atoms with Crippen molar-refractivity contribution in [3.8, 4) is 5.75 Å². The van der Waals surface area contributed by atoms with Crippen LogP contribution in [0.4, 0.5) is 28.8 Å². The summed E-state index contributed by atoms with van der Waals surface area (Å²) in [5.41, 5.74) is 2.87. The van der Waals surface area contributed by atoms with E-state index in [0.717, 1.165) is 61.2 Å². The number of ether oxygens (including phenoxy) is 1. The minimum absolute atomic E-state index is 0.110. The summed E-state index contributed by atoms with van der Waals surface area (Å²) in [6.07, 6.45) is 0.943. The molecule has 0 aliphatic heterocycles. The van der Waals surface area contributed by atoms with Crippen LogP contribution in [0, 0.1) is 6.92 Å². The third kappa shape index (κ3) is 9.35. The largest absolute Gasteiger partial charge is 0.490 e. The van der Waals surface area contributed by atoms with Gasteiger partial charge in [-0.3, -0.25) is 9.89 Å². The number of H-pyrrole nitrogens is 1. The van der Waals surface area contributed by atoms with E-state index in [1.165, 1.54) is 24.4 Å². The van der Waals surface area contributed by atoms with E-state index in [-0.39, 0.29) is 5.91 Å². The third-order valence-corrected chi connectivity index (χ3v) is 7.41. The first kappa shape index (κ1) is 31.6. The summed E-state index contributed by atoms with van der Waals surface area (Å²) in [4.78, 5) is 26.6. The van der Waals surface area contributed by atoms with Gasteiger partial charge in [0.1, 0.15) is 0 Å². The summed E-state index contributed by atoms with van der Waals surface area (Å²) in [5.74, 6) is 2.34. The van der Waals surface area contributed by atoms with E-state index in [2.05, 4.69) is 74.2 Å². The first-order chi connectivity index (χ1) is 20.9. The normalized spacial score (nSPS) is 10.8. The smallest absolute Gasteiger partial charge is 0.221 e. The summed E-state index contributed by atoms with van der Waals surface area (Å²) in [5, 5.41) is 17.6. The van der Waals surface area contributed by atoms with Crippen molar-refractivity contribution < 1.29 is 9.53 Å². The lowest BCUT2D eigenvalue weighted by Gasteiger charge is -2.27. The number of carbonyl (C=O) groups excluding carboxylic acids is 1. The number of aryl methyl sites for hydroxylation is 1. The van der Waals surface area contributed by atoms with Gasteiger partial charge in [0.05, 0.1) is 7.11 Å². The number of rotatable bonds is 16. The van der Waals surface area contributed by atoms with Gasteiger partial charge in [-0.2, -0.15) is 5.10 Å². The third-order valence-electron chi connectivity index (χ3n) is 6.54. The second-order valence-corrected chi connectivity index (χ2v) is 11.1. The minimum atomic E-state index is -0.110. The lowest BCUT2D eigenvalue weighted by Crippen LogP contribution is -2.36. The van der Waals surface area contributed by atoms with E-state index < -0.39 is 0 Å². The molecular formula is C31H41N9O2S. The topological polar surface area (TPSA) is 123 Å². The van der Waals surface area contributed by atoms with Gasteiger partial charge in [-0.05, 0) is 61.5 Å². The van der Waals surface area contributed by atoms with Crippen LogP contribution in [0.1, 0.15) is 26.0 Å². The number of nitrogens with zero attached hydrogens (tertiary/aromatic N) is 5. The summed E-state index contributed by atoms with van der Waals surface area (Å²) >= 11 is 1.44. The number of nitrogens with one attached hydrogen (secondary N) is 4. The molecule has 1 amide bonds. The lowest BCUT2D eigenvalue weighted by atomic mass is 10.3. The molecule has 4 aromatic rings. The maximum Gasteiger partial charge on any atom is 0.221 e. The predicted molar refractivity (Wildman–Crippen MR) is 175 cm³/mol. The van der Waals surface area contributed by atoms with Gasteiger partial charge in [0.2, 0.25) is 11.7 Å². The zero-order chi connectivity index (χ0) is 30.6. The molecule has 4 N–H and O–H groups in total. The second kappa shape index (κ2) is 15.8. The van der Waals surface area contributed by atoms with Crippen LogP contribution in [-0.2, 0) is 4.79 Å². The molecule has 0 saturated heterocycles. The molecule has 43 heavy (non-hydrogen) atoms. The highest BCUT2D eigenvalue weighted by Gasteiger charge is 2.22. The van der Waals surface area contributed by atoms with Crippen molar-refractivity contribution in [3.63, 3.8) is 0 Å². The molecule has 0 bridgehead atoms. The fourth-order valence-corrected chi connectivity index (χ4v) is 5.21. The Morgan fingerprint density at radius 1 is 1.02 bits per heavy atom. The van der Waals surface area contributed by atoms with Crippen molar-refractivity contribution in [2.24, 2.45) is 0 Å². The summed E-state index contributed by atoms with van der Waals surface area (Å²) in [6, 6.07) is 19.9. The van der Waals surface area contributed by atoms with Gasteiger partial charge in [-0.25, -0.2) is 9.97 Å². The van der Waals surface area contributed by atoms with E-state index in [1.807, 2.05) is 43.3 Å². The highest BCUT2D eigenvalue weighted by atomic mass is 32.2. The van der Waals surface area contributed by atoms with Crippen LogP contribution in [0.2, 0.25) is 0 Å². The van der Waals surface area contributed by atoms with Crippen LogP contribution in [0.3, 0.4) is 0 Å². The van der Waals surface area contributed by atoms with Crippen LogP contribution in [0.5, 0.6) is 5.75 Å². The number of anilines is 5. The molecule has 0 aliphatic rings. The van der Waals surface area contributed by atoms with Crippen molar-refractivity contribution in [3.05, 3.63) is 66.4 Å². The standard InChI is InChI=1S/C31H41N9O2S/c1-6-18-40(20-17-32-16-19-39(4)25-10-8-7-9-11-25)30-28(42-5)29(34-27-21-22(2)37-38-27)35-31(36-30)43-26-14-12-24(13-15-26)33-23(3)41/h7-15,21,32H,6,16-20H2,1-5H3,(H,33,41)(H2,34,35,36,37,38). The monoisotopic (exact) mass is 603 g/mol. The van der Waals surface area contributed by atoms with Gasteiger partial charge in [0.15, 0.2) is 22.6 Å². The predicted octanol–water partition coefficient (Wildman–Crippen LogP) is 5.31. The Morgan fingerprint density at radius 3 is 2.42 bits per heavy atom. The number of aromatic amines is 1. The maximum atomic E-state index is 11.4. The van der Waals surface area contributed by atoms with Crippen LogP contribution in [-0.4, -0.2) is 73.0 Å². The molecule has 0 saturated carbocycles. The van der Waals surface area contributed by atoms with Gasteiger partial charge in [-0.15, -0.1) is 0 Å².